The van der Waals surface area contributed by atoms with Crippen molar-refractivity contribution < 1.29 is 10.0 Å². The van der Waals surface area contributed by atoms with Crippen molar-refractivity contribution in [3.63, 3.8) is 0 Å². The molecule has 1 aliphatic rings. The number of aryl methyl sites for hydroxylation is 1. The van der Waals surface area contributed by atoms with Crippen molar-refractivity contribution in [3.05, 3.63) is 39.8 Å². The number of allylic oxidation sites excluding steroid dienone is 2. The first-order chi connectivity index (χ1) is 7.59. The molecule has 4 heteroatoms. The van der Waals surface area contributed by atoms with Crippen molar-refractivity contribution in [2.75, 3.05) is 0 Å². The van der Waals surface area contributed by atoms with Crippen LogP contribution in [0.2, 0.25) is 5.02 Å². The van der Waals surface area contributed by atoms with Crippen LogP contribution in [0.15, 0.2) is 23.7 Å². The molecule has 84 valence electrons. The van der Waals surface area contributed by atoms with Gasteiger partial charge in [0.25, 0.3) is 0 Å². The SMILES string of the molecule is Cc1ccc(Cl)cc1C1=C(B(O)O)CCC1. The lowest BCUT2D eigenvalue weighted by molar-refractivity contribution is 0.417. The van der Waals surface area contributed by atoms with Gasteiger partial charge in [-0.3, -0.25) is 0 Å². The minimum atomic E-state index is -1.34. The van der Waals surface area contributed by atoms with Gasteiger partial charge in [-0.1, -0.05) is 17.7 Å². The van der Waals surface area contributed by atoms with E-state index < -0.39 is 7.12 Å². The summed E-state index contributed by atoms with van der Waals surface area (Å²) in [4.78, 5) is 0. The Morgan fingerprint density at radius 2 is 2.00 bits per heavy atom. The standard InChI is InChI=1S/C12H14BClO2/c1-8-5-6-9(14)7-11(8)10-3-2-4-12(10)13(15)16/h5-7,15-16H,2-4H2,1H3. The number of halogens is 1. The molecule has 0 unspecified atom stereocenters. The molecular weight excluding hydrogens is 222 g/mol. The topological polar surface area (TPSA) is 40.5 Å². The predicted octanol–water partition coefficient (Wildman–Crippen LogP) is 2.60. The van der Waals surface area contributed by atoms with E-state index in [1.165, 1.54) is 0 Å². The average molecular weight is 237 g/mol. The Labute approximate surface area is 101 Å². The molecule has 0 bridgehead atoms. The molecule has 0 aliphatic heterocycles. The molecule has 0 saturated heterocycles. The molecule has 16 heavy (non-hydrogen) atoms. The van der Waals surface area contributed by atoms with Crippen molar-refractivity contribution in [3.8, 4) is 0 Å². The lowest BCUT2D eigenvalue weighted by atomic mass is 9.75. The smallest absolute Gasteiger partial charge is 0.423 e. The van der Waals surface area contributed by atoms with Crippen LogP contribution in [-0.4, -0.2) is 17.2 Å². The molecule has 0 spiro atoms. The van der Waals surface area contributed by atoms with E-state index in [0.717, 1.165) is 41.4 Å². The van der Waals surface area contributed by atoms with E-state index in [1.807, 2.05) is 25.1 Å². The highest BCUT2D eigenvalue weighted by molar-refractivity contribution is 6.52. The molecular formula is C12H14BClO2. The summed E-state index contributed by atoms with van der Waals surface area (Å²) in [6.07, 6.45) is 2.64. The summed E-state index contributed by atoms with van der Waals surface area (Å²) in [5.74, 6) is 0. The van der Waals surface area contributed by atoms with Crippen LogP contribution in [0.3, 0.4) is 0 Å². The molecule has 0 saturated carbocycles. The van der Waals surface area contributed by atoms with Gasteiger partial charge in [-0.25, -0.2) is 0 Å². The summed E-state index contributed by atoms with van der Waals surface area (Å²) in [6.45, 7) is 2.01. The van der Waals surface area contributed by atoms with Crippen LogP contribution in [0.1, 0.15) is 30.4 Å². The fourth-order valence-electron chi connectivity index (χ4n) is 2.28. The van der Waals surface area contributed by atoms with Crippen LogP contribution in [0.25, 0.3) is 5.57 Å². The van der Waals surface area contributed by atoms with E-state index in [9.17, 15) is 10.0 Å². The zero-order chi connectivity index (χ0) is 11.7. The number of hydrogen-bond donors (Lipinski definition) is 2. The van der Waals surface area contributed by atoms with Gasteiger partial charge < -0.3 is 10.0 Å². The fourth-order valence-corrected chi connectivity index (χ4v) is 2.45. The summed E-state index contributed by atoms with van der Waals surface area (Å²) >= 11 is 5.97. The maximum atomic E-state index is 9.31. The lowest BCUT2D eigenvalue weighted by Gasteiger charge is -2.10. The second-order valence-electron chi connectivity index (χ2n) is 4.19. The van der Waals surface area contributed by atoms with Crippen molar-refractivity contribution in [1.82, 2.24) is 0 Å². The lowest BCUT2D eigenvalue weighted by Crippen LogP contribution is -2.15. The summed E-state index contributed by atoms with van der Waals surface area (Å²) in [6, 6.07) is 5.72. The molecule has 2 rings (SSSR count). The van der Waals surface area contributed by atoms with Gasteiger partial charge in [0.1, 0.15) is 0 Å². The molecule has 1 aliphatic carbocycles. The maximum absolute atomic E-state index is 9.31. The van der Waals surface area contributed by atoms with Gasteiger partial charge in [-0.2, -0.15) is 0 Å². The Hall–Kier alpha value is -0.765. The molecule has 0 amide bonds. The third kappa shape index (κ3) is 2.17. The van der Waals surface area contributed by atoms with Gasteiger partial charge in [-0.05, 0) is 60.5 Å². The highest BCUT2D eigenvalue weighted by Gasteiger charge is 2.25. The monoisotopic (exact) mass is 236 g/mol. The van der Waals surface area contributed by atoms with Crippen LogP contribution in [0.5, 0.6) is 0 Å². The highest BCUT2D eigenvalue weighted by Crippen LogP contribution is 2.36. The number of benzene rings is 1. The van der Waals surface area contributed by atoms with E-state index in [0.29, 0.717) is 5.02 Å². The van der Waals surface area contributed by atoms with E-state index in [4.69, 9.17) is 11.6 Å². The predicted molar refractivity (Wildman–Crippen MR) is 67.2 cm³/mol. The van der Waals surface area contributed by atoms with Gasteiger partial charge in [-0.15, -0.1) is 0 Å². The molecule has 2 nitrogen and oxygen atoms in total. The Bertz CT molecular complexity index is 441. The molecule has 0 fully saturated rings. The molecule has 0 radical (unpaired) electrons. The van der Waals surface area contributed by atoms with E-state index in [2.05, 4.69) is 0 Å². The van der Waals surface area contributed by atoms with Crippen LogP contribution >= 0.6 is 11.6 Å². The van der Waals surface area contributed by atoms with E-state index >= 15 is 0 Å². The van der Waals surface area contributed by atoms with Crippen LogP contribution in [0, 0.1) is 6.92 Å². The third-order valence-corrected chi connectivity index (χ3v) is 3.33. The van der Waals surface area contributed by atoms with Gasteiger partial charge in [0.15, 0.2) is 0 Å². The van der Waals surface area contributed by atoms with Crippen LogP contribution in [-0.2, 0) is 0 Å². The number of rotatable bonds is 2. The minimum Gasteiger partial charge on any atom is -0.423 e. The van der Waals surface area contributed by atoms with Gasteiger partial charge >= 0.3 is 7.12 Å². The largest absolute Gasteiger partial charge is 0.484 e. The Balaban J connectivity index is 2.50. The molecule has 1 aromatic carbocycles. The third-order valence-electron chi connectivity index (χ3n) is 3.10. The molecule has 0 aromatic heterocycles. The van der Waals surface area contributed by atoms with Crippen molar-refractivity contribution in [1.29, 1.82) is 0 Å². The second kappa shape index (κ2) is 4.62. The quantitative estimate of drug-likeness (QED) is 0.775. The molecule has 2 N–H and O–H groups in total. The van der Waals surface area contributed by atoms with E-state index in [-0.39, 0.29) is 0 Å². The van der Waals surface area contributed by atoms with Crippen LogP contribution in [0.4, 0.5) is 0 Å². The molecule has 0 atom stereocenters. The highest BCUT2D eigenvalue weighted by atomic mass is 35.5. The zero-order valence-corrected chi connectivity index (χ0v) is 9.96. The average Bonchev–Trinajstić information content (AvgIpc) is 2.70. The minimum absolute atomic E-state index is 0.687. The zero-order valence-electron chi connectivity index (χ0n) is 9.20. The first-order valence-corrected chi connectivity index (χ1v) is 5.82. The van der Waals surface area contributed by atoms with E-state index in [1.54, 1.807) is 0 Å². The van der Waals surface area contributed by atoms with Crippen LogP contribution < -0.4 is 0 Å². The van der Waals surface area contributed by atoms with Gasteiger partial charge in [0.2, 0.25) is 0 Å². The Morgan fingerprint density at radius 1 is 1.25 bits per heavy atom. The Kier molecular flexibility index (Phi) is 3.38. The first-order valence-electron chi connectivity index (χ1n) is 5.44. The normalized spacial score (nSPS) is 15.8. The van der Waals surface area contributed by atoms with Crippen molar-refractivity contribution >= 4 is 24.3 Å². The number of hydrogen-bond acceptors (Lipinski definition) is 2. The Morgan fingerprint density at radius 3 is 2.69 bits per heavy atom. The molecule has 0 heterocycles. The van der Waals surface area contributed by atoms with Crippen molar-refractivity contribution in [2.45, 2.75) is 26.2 Å². The summed E-state index contributed by atoms with van der Waals surface area (Å²) in [5.41, 5.74) is 3.97. The second-order valence-corrected chi connectivity index (χ2v) is 4.63. The summed E-state index contributed by atoms with van der Waals surface area (Å²) in [5, 5.41) is 19.3. The van der Waals surface area contributed by atoms with Gasteiger partial charge in [0.05, 0.1) is 0 Å². The van der Waals surface area contributed by atoms with Gasteiger partial charge in [0, 0.05) is 5.02 Å². The first kappa shape index (κ1) is 11.7. The molecule has 1 aromatic rings. The fraction of sp³-hybridized carbons (Fsp3) is 0.333. The summed E-state index contributed by atoms with van der Waals surface area (Å²) in [7, 11) is -1.34. The summed E-state index contributed by atoms with van der Waals surface area (Å²) < 4.78 is 0. The van der Waals surface area contributed by atoms with Crippen molar-refractivity contribution in [2.24, 2.45) is 0 Å². The maximum Gasteiger partial charge on any atom is 0.484 e.